The van der Waals surface area contributed by atoms with E-state index in [1.807, 2.05) is 24.3 Å². The number of rotatable bonds is 7. The zero-order valence-electron chi connectivity index (χ0n) is 15.0. The molecule has 0 saturated heterocycles. The smallest absolute Gasteiger partial charge is 0.305 e. The fraction of sp³-hybridized carbons (Fsp3) is 0.300. The van der Waals surface area contributed by atoms with Crippen molar-refractivity contribution < 1.29 is 19.2 Å². The number of non-ortho nitro benzene ring substituents is 1. The van der Waals surface area contributed by atoms with Gasteiger partial charge in [-0.2, -0.15) is 0 Å². The number of amides is 1. The Kier molecular flexibility index (Phi) is 5.49. The summed E-state index contributed by atoms with van der Waals surface area (Å²) in [4.78, 5) is 36.0. The van der Waals surface area contributed by atoms with Gasteiger partial charge >= 0.3 is 5.97 Å². The summed E-state index contributed by atoms with van der Waals surface area (Å²) in [6.45, 7) is 2.57. The molecule has 0 spiro atoms. The zero-order chi connectivity index (χ0) is 19.4. The van der Waals surface area contributed by atoms with Gasteiger partial charge in [0.15, 0.2) is 0 Å². The summed E-state index contributed by atoms with van der Waals surface area (Å²) < 4.78 is 4.91. The van der Waals surface area contributed by atoms with E-state index in [9.17, 15) is 19.7 Å². The van der Waals surface area contributed by atoms with E-state index in [1.165, 1.54) is 12.1 Å². The predicted octanol–water partition coefficient (Wildman–Crippen LogP) is 3.64. The largest absolute Gasteiger partial charge is 0.466 e. The molecule has 0 unspecified atom stereocenters. The second-order valence-electron chi connectivity index (χ2n) is 6.31. The van der Waals surface area contributed by atoms with Crippen LogP contribution in [-0.4, -0.2) is 23.4 Å². The Labute approximate surface area is 156 Å². The van der Waals surface area contributed by atoms with Crippen LogP contribution >= 0.6 is 0 Å². The molecule has 0 aliphatic carbocycles. The van der Waals surface area contributed by atoms with Gasteiger partial charge in [-0.25, -0.2) is 0 Å². The van der Waals surface area contributed by atoms with E-state index in [1.54, 1.807) is 17.9 Å². The third-order valence-corrected chi connectivity index (χ3v) is 4.51. The number of hydrogen-bond acceptors (Lipinski definition) is 5. The summed E-state index contributed by atoms with van der Waals surface area (Å²) >= 11 is 0. The topological polar surface area (TPSA) is 89.8 Å². The molecule has 2 aromatic rings. The van der Waals surface area contributed by atoms with Gasteiger partial charge in [0.05, 0.1) is 23.6 Å². The molecule has 0 N–H and O–H groups in total. The van der Waals surface area contributed by atoms with Crippen LogP contribution in [0, 0.1) is 10.1 Å². The molecule has 0 radical (unpaired) electrons. The molecule has 0 bridgehead atoms. The van der Waals surface area contributed by atoms with Crippen molar-refractivity contribution >= 4 is 23.3 Å². The quantitative estimate of drug-likeness (QED) is 0.423. The first-order valence-electron chi connectivity index (χ1n) is 8.83. The van der Waals surface area contributed by atoms with Crippen LogP contribution in [0.1, 0.15) is 41.3 Å². The minimum absolute atomic E-state index is 0.0825. The Morgan fingerprint density at radius 1 is 1.22 bits per heavy atom. The highest BCUT2D eigenvalue weighted by atomic mass is 16.6. The fourth-order valence-corrected chi connectivity index (χ4v) is 3.12. The van der Waals surface area contributed by atoms with Gasteiger partial charge in [0.1, 0.15) is 0 Å². The molecule has 3 rings (SSSR count). The molecule has 7 nitrogen and oxygen atoms in total. The highest BCUT2D eigenvalue weighted by molar-refractivity contribution is 6.10. The third-order valence-electron chi connectivity index (χ3n) is 4.51. The van der Waals surface area contributed by atoms with Gasteiger partial charge in [0, 0.05) is 24.2 Å². The van der Waals surface area contributed by atoms with E-state index in [0.29, 0.717) is 31.6 Å². The van der Waals surface area contributed by atoms with Crippen molar-refractivity contribution in [1.29, 1.82) is 0 Å². The lowest BCUT2D eigenvalue weighted by Crippen LogP contribution is -2.22. The number of benzene rings is 2. The lowest BCUT2D eigenvalue weighted by molar-refractivity contribution is -0.384. The van der Waals surface area contributed by atoms with Crippen molar-refractivity contribution in [2.45, 2.75) is 32.7 Å². The van der Waals surface area contributed by atoms with Gasteiger partial charge in [-0.1, -0.05) is 12.1 Å². The van der Waals surface area contributed by atoms with Crippen molar-refractivity contribution in [3.8, 4) is 0 Å². The molecule has 0 saturated carbocycles. The number of nitro benzene ring substituents is 1. The number of hydrogen-bond donors (Lipinski definition) is 0. The van der Waals surface area contributed by atoms with Crippen molar-refractivity contribution in [2.24, 2.45) is 0 Å². The van der Waals surface area contributed by atoms with Crippen LogP contribution in [0.5, 0.6) is 0 Å². The molecule has 7 heteroatoms. The van der Waals surface area contributed by atoms with Gasteiger partial charge in [0.25, 0.3) is 11.6 Å². The fourth-order valence-electron chi connectivity index (χ4n) is 3.12. The molecular formula is C20H20N2O5. The maximum Gasteiger partial charge on any atom is 0.305 e. The van der Waals surface area contributed by atoms with Crippen LogP contribution < -0.4 is 4.90 Å². The van der Waals surface area contributed by atoms with Crippen molar-refractivity contribution in [3.63, 3.8) is 0 Å². The number of esters is 1. The molecule has 1 heterocycles. The minimum atomic E-state index is -0.499. The first-order chi connectivity index (χ1) is 13.0. The SMILES string of the molecule is CCOC(=O)CCCc1ccc(N2Cc3ccc([N+](=O)[O-])cc3C2=O)cc1. The summed E-state index contributed by atoms with van der Waals surface area (Å²) in [6.07, 6.45) is 1.84. The Morgan fingerprint density at radius 2 is 1.96 bits per heavy atom. The molecule has 1 amide bonds. The standard InChI is InChI=1S/C20H20N2O5/c1-2-27-19(23)5-3-4-14-6-9-16(10-7-14)21-13-15-8-11-17(22(25)26)12-18(15)20(21)24/h6-12H,2-5,13H2,1H3. The van der Waals surface area contributed by atoms with E-state index in [4.69, 9.17) is 4.74 Å². The van der Waals surface area contributed by atoms with E-state index in [-0.39, 0.29) is 17.6 Å². The van der Waals surface area contributed by atoms with Crippen LogP contribution in [0.2, 0.25) is 0 Å². The molecule has 27 heavy (non-hydrogen) atoms. The molecule has 140 valence electrons. The Hall–Kier alpha value is -3.22. The zero-order valence-corrected chi connectivity index (χ0v) is 15.0. The molecule has 0 atom stereocenters. The third kappa shape index (κ3) is 4.13. The number of fused-ring (bicyclic) bond motifs is 1. The van der Waals surface area contributed by atoms with Crippen LogP contribution in [0.3, 0.4) is 0 Å². The van der Waals surface area contributed by atoms with Crippen LogP contribution in [0.15, 0.2) is 42.5 Å². The molecule has 1 aliphatic rings. The van der Waals surface area contributed by atoms with Crippen LogP contribution in [-0.2, 0) is 22.5 Å². The second kappa shape index (κ2) is 7.99. The van der Waals surface area contributed by atoms with Crippen molar-refractivity contribution in [2.75, 3.05) is 11.5 Å². The Bertz CT molecular complexity index is 876. The summed E-state index contributed by atoms with van der Waals surface area (Å²) in [5, 5.41) is 10.9. The first-order valence-corrected chi connectivity index (χ1v) is 8.83. The molecule has 0 aromatic heterocycles. The summed E-state index contributed by atoms with van der Waals surface area (Å²) in [7, 11) is 0. The Morgan fingerprint density at radius 3 is 2.63 bits per heavy atom. The summed E-state index contributed by atoms with van der Waals surface area (Å²) in [6, 6.07) is 12.0. The number of nitrogens with zero attached hydrogens (tertiary/aromatic N) is 2. The van der Waals surface area contributed by atoms with E-state index < -0.39 is 4.92 Å². The summed E-state index contributed by atoms with van der Waals surface area (Å²) in [5.41, 5.74) is 2.89. The number of anilines is 1. The van der Waals surface area contributed by atoms with Crippen molar-refractivity contribution in [1.82, 2.24) is 0 Å². The monoisotopic (exact) mass is 368 g/mol. The lowest BCUT2D eigenvalue weighted by Gasteiger charge is -2.16. The second-order valence-corrected chi connectivity index (χ2v) is 6.31. The van der Waals surface area contributed by atoms with Gasteiger partial charge in [-0.05, 0) is 49.1 Å². The van der Waals surface area contributed by atoms with Gasteiger partial charge < -0.3 is 9.64 Å². The van der Waals surface area contributed by atoms with E-state index in [2.05, 4.69) is 0 Å². The average molecular weight is 368 g/mol. The number of aryl methyl sites for hydroxylation is 1. The highest BCUT2D eigenvalue weighted by Gasteiger charge is 2.30. The van der Waals surface area contributed by atoms with Crippen LogP contribution in [0.4, 0.5) is 11.4 Å². The molecule has 0 fully saturated rings. The van der Waals surface area contributed by atoms with E-state index in [0.717, 1.165) is 23.2 Å². The number of carbonyl (C=O) groups excluding carboxylic acids is 2. The molecule has 1 aliphatic heterocycles. The first kappa shape index (κ1) is 18.6. The lowest BCUT2D eigenvalue weighted by atomic mass is 10.1. The highest BCUT2D eigenvalue weighted by Crippen LogP contribution is 2.30. The van der Waals surface area contributed by atoms with Gasteiger partial charge in [0.2, 0.25) is 0 Å². The molecule has 2 aromatic carbocycles. The number of carbonyl (C=O) groups is 2. The van der Waals surface area contributed by atoms with Crippen LogP contribution in [0.25, 0.3) is 0 Å². The number of nitro groups is 1. The Balaban J connectivity index is 1.65. The predicted molar refractivity (Wildman–Crippen MR) is 99.6 cm³/mol. The number of ether oxygens (including phenoxy) is 1. The van der Waals surface area contributed by atoms with Crippen molar-refractivity contribution in [3.05, 3.63) is 69.3 Å². The van der Waals surface area contributed by atoms with Gasteiger partial charge in [-0.15, -0.1) is 0 Å². The maximum absolute atomic E-state index is 12.6. The van der Waals surface area contributed by atoms with E-state index >= 15 is 0 Å². The summed E-state index contributed by atoms with van der Waals surface area (Å²) in [5.74, 6) is -0.424. The normalized spacial score (nSPS) is 12.8. The average Bonchev–Trinajstić information content (AvgIpc) is 2.99. The van der Waals surface area contributed by atoms with Gasteiger partial charge in [-0.3, -0.25) is 19.7 Å². The maximum atomic E-state index is 12.6. The molecular weight excluding hydrogens is 348 g/mol. The minimum Gasteiger partial charge on any atom is -0.466 e.